The van der Waals surface area contributed by atoms with Gasteiger partial charge in [-0.1, -0.05) is 13.3 Å². The molecule has 0 fully saturated rings. The van der Waals surface area contributed by atoms with Gasteiger partial charge in [0, 0.05) is 18.8 Å². The molecule has 1 aromatic rings. The summed E-state index contributed by atoms with van der Waals surface area (Å²) in [6.45, 7) is 3.44. The lowest BCUT2D eigenvalue weighted by molar-refractivity contribution is -0.147. The molecule has 5 heteroatoms. The number of carbonyl (C=O) groups excluding carboxylic acids is 1. The van der Waals surface area contributed by atoms with Gasteiger partial charge in [0.2, 0.25) is 5.91 Å². The number of nitrogens with zero attached hydrogens (tertiary/aromatic N) is 1. The molecular formula is C14H20N2O3. The van der Waals surface area contributed by atoms with Crippen molar-refractivity contribution in [3.8, 4) is 0 Å². The van der Waals surface area contributed by atoms with Gasteiger partial charge in [-0.25, -0.2) is 4.79 Å². The molecule has 0 spiro atoms. The van der Waals surface area contributed by atoms with E-state index in [2.05, 4.69) is 10.3 Å². The van der Waals surface area contributed by atoms with E-state index in [0.29, 0.717) is 19.3 Å². The maximum Gasteiger partial charge on any atom is 0.329 e. The van der Waals surface area contributed by atoms with Crippen molar-refractivity contribution in [3.05, 3.63) is 30.1 Å². The monoisotopic (exact) mass is 264 g/mol. The summed E-state index contributed by atoms with van der Waals surface area (Å²) in [4.78, 5) is 26.9. The fourth-order valence-corrected chi connectivity index (χ4v) is 1.90. The predicted molar refractivity (Wildman–Crippen MR) is 71.6 cm³/mol. The molecule has 0 aliphatic rings. The van der Waals surface area contributed by atoms with Gasteiger partial charge in [0.25, 0.3) is 0 Å². The fraction of sp³-hybridized carbons (Fsp3) is 0.500. The van der Waals surface area contributed by atoms with Crippen molar-refractivity contribution in [3.63, 3.8) is 0 Å². The first-order chi connectivity index (χ1) is 8.98. The number of carbonyl (C=O) groups is 2. The van der Waals surface area contributed by atoms with E-state index in [1.54, 1.807) is 19.3 Å². The van der Waals surface area contributed by atoms with Gasteiger partial charge < -0.3 is 10.4 Å². The summed E-state index contributed by atoms with van der Waals surface area (Å²) in [5.41, 5.74) is -0.165. The van der Waals surface area contributed by atoms with Crippen LogP contribution >= 0.6 is 0 Å². The van der Waals surface area contributed by atoms with Crippen molar-refractivity contribution >= 4 is 11.9 Å². The number of aliphatic carboxylic acids is 1. The highest BCUT2D eigenvalue weighted by atomic mass is 16.4. The maximum atomic E-state index is 11.8. The van der Waals surface area contributed by atoms with Gasteiger partial charge in [0.05, 0.1) is 0 Å². The summed E-state index contributed by atoms with van der Waals surface area (Å²) in [6.07, 6.45) is 5.32. The van der Waals surface area contributed by atoms with Crippen LogP contribution in [0.5, 0.6) is 0 Å². The van der Waals surface area contributed by atoms with Crippen LogP contribution in [0.1, 0.15) is 38.7 Å². The van der Waals surface area contributed by atoms with E-state index in [4.69, 9.17) is 0 Å². The largest absolute Gasteiger partial charge is 0.480 e. The van der Waals surface area contributed by atoms with Crippen molar-refractivity contribution in [2.24, 2.45) is 0 Å². The Balaban J connectivity index is 2.52. The topological polar surface area (TPSA) is 79.3 Å². The van der Waals surface area contributed by atoms with Crippen molar-refractivity contribution in [1.29, 1.82) is 0 Å². The lowest BCUT2D eigenvalue weighted by Crippen LogP contribution is -2.52. The fourth-order valence-electron chi connectivity index (χ4n) is 1.90. The van der Waals surface area contributed by atoms with Crippen LogP contribution in [-0.2, 0) is 16.0 Å². The van der Waals surface area contributed by atoms with Gasteiger partial charge in [0.1, 0.15) is 5.54 Å². The third-order valence-electron chi connectivity index (χ3n) is 3.03. The number of nitrogens with one attached hydrogen (secondary N) is 1. The van der Waals surface area contributed by atoms with Crippen molar-refractivity contribution in [2.75, 3.05) is 0 Å². The van der Waals surface area contributed by atoms with Gasteiger partial charge in [-0.05, 0) is 37.5 Å². The van der Waals surface area contributed by atoms with Crippen LogP contribution in [0.15, 0.2) is 24.5 Å². The quantitative estimate of drug-likeness (QED) is 0.786. The molecule has 0 bridgehead atoms. The van der Waals surface area contributed by atoms with Crippen LogP contribution in [0, 0.1) is 0 Å². The molecular weight excluding hydrogens is 244 g/mol. The Labute approximate surface area is 113 Å². The summed E-state index contributed by atoms with van der Waals surface area (Å²) in [6, 6.07) is 3.69. The minimum absolute atomic E-state index is 0.241. The molecule has 0 saturated carbocycles. The van der Waals surface area contributed by atoms with Gasteiger partial charge >= 0.3 is 5.97 Å². The van der Waals surface area contributed by atoms with E-state index in [1.807, 2.05) is 19.1 Å². The average Bonchev–Trinajstić information content (AvgIpc) is 2.37. The zero-order valence-electron chi connectivity index (χ0n) is 11.3. The molecule has 1 atom stereocenters. The van der Waals surface area contributed by atoms with E-state index >= 15 is 0 Å². The second kappa shape index (κ2) is 6.87. The zero-order chi connectivity index (χ0) is 14.3. The third kappa shape index (κ3) is 4.69. The number of pyridine rings is 1. The molecule has 1 heterocycles. The number of aryl methyl sites for hydroxylation is 1. The van der Waals surface area contributed by atoms with Crippen LogP contribution in [0.3, 0.4) is 0 Å². The molecule has 1 aromatic heterocycles. The minimum Gasteiger partial charge on any atom is -0.480 e. The molecule has 5 nitrogen and oxygen atoms in total. The van der Waals surface area contributed by atoms with Crippen LogP contribution in [0.2, 0.25) is 0 Å². The molecule has 0 saturated heterocycles. The summed E-state index contributed by atoms with van der Waals surface area (Å²) < 4.78 is 0. The lowest BCUT2D eigenvalue weighted by Gasteiger charge is -2.25. The summed E-state index contributed by atoms with van der Waals surface area (Å²) in [5, 5.41) is 11.8. The molecule has 19 heavy (non-hydrogen) atoms. The highest BCUT2D eigenvalue weighted by Crippen LogP contribution is 2.13. The molecule has 0 aliphatic heterocycles. The summed E-state index contributed by atoms with van der Waals surface area (Å²) in [7, 11) is 0. The molecule has 1 amide bonds. The molecule has 104 valence electrons. The normalized spacial score (nSPS) is 13.6. The highest BCUT2D eigenvalue weighted by molar-refractivity contribution is 5.86. The van der Waals surface area contributed by atoms with Crippen LogP contribution in [-0.4, -0.2) is 27.5 Å². The van der Waals surface area contributed by atoms with Crippen molar-refractivity contribution in [2.45, 2.75) is 45.1 Å². The Morgan fingerprint density at radius 3 is 2.53 bits per heavy atom. The average molecular weight is 264 g/mol. The highest BCUT2D eigenvalue weighted by Gasteiger charge is 2.33. The smallest absolute Gasteiger partial charge is 0.329 e. The Kier molecular flexibility index (Phi) is 5.48. The van der Waals surface area contributed by atoms with Crippen molar-refractivity contribution in [1.82, 2.24) is 10.3 Å². The predicted octanol–water partition coefficient (Wildman–Crippen LogP) is 1.77. The Bertz CT molecular complexity index is 434. The molecule has 1 unspecified atom stereocenters. The Hall–Kier alpha value is -1.91. The Morgan fingerprint density at radius 2 is 2.00 bits per heavy atom. The zero-order valence-corrected chi connectivity index (χ0v) is 11.3. The molecule has 0 radical (unpaired) electrons. The number of carboxylic acid groups (broad SMARTS) is 1. The van der Waals surface area contributed by atoms with E-state index in [1.165, 1.54) is 0 Å². The molecule has 1 rings (SSSR count). The molecule has 2 N–H and O–H groups in total. The second-order valence-electron chi connectivity index (χ2n) is 4.79. The number of rotatable bonds is 7. The van der Waals surface area contributed by atoms with Crippen molar-refractivity contribution < 1.29 is 14.7 Å². The van der Waals surface area contributed by atoms with E-state index in [-0.39, 0.29) is 12.3 Å². The number of hydrogen-bond acceptors (Lipinski definition) is 3. The first-order valence-electron chi connectivity index (χ1n) is 6.41. The number of hydrogen-bond donors (Lipinski definition) is 2. The van der Waals surface area contributed by atoms with E-state index in [0.717, 1.165) is 5.56 Å². The number of aromatic nitrogens is 1. The number of carboxylic acids is 1. The van der Waals surface area contributed by atoms with Crippen LogP contribution in [0.25, 0.3) is 0 Å². The van der Waals surface area contributed by atoms with E-state index < -0.39 is 11.5 Å². The van der Waals surface area contributed by atoms with Gasteiger partial charge in [-0.3, -0.25) is 9.78 Å². The summed E-state index contributed by atoms with van der Waals surface area (Å²) in [5.74, 6) is -1.23. The standard InChI is InChI=1S/C14H20N2O3/c1-3-8-14(2,13(18)19)16-12(17)5-4-11-6-9-15-10-7-11/h6-7,9-10H,3-5,8H2,1-2H3,(H,16,17)(H,18,19). The third-order valence-corrected chi connectivity index (χ3v) is 3.03. The maximum absolute atomic E-state index is 11.8. The molecule has 0 aliphatic carbocycles. The van der Waals surface area contributed by atoms with Gasteiger partial charge in [0.15, 0.2) is 0 Å². The molecule has 0 aromatic carbocycles. The Morgan fingerprint density at radius 1 is 1.37 bits per heavy atom. The van der Waals surface area contributed by atoms with E-state index in [9.17, 15) is 14.7 Å². The summed E-state index contributed by atoms with van der Waals surface area (Å²) >= 11 is 0. The van der Waals surface area contributed by atoms with Crippen LogP contribution < -0.4 is 5.32 Å². The lowest BCUT2D eigenvalue weighted by atomic mass is 9.96. The SMILES string of the molecule is CCCC(C)(NC(=O)CCc1ccncc1)C(=O)O. The number of amides is 1. The van der Waals surface area contributed by atoms with Gasteiger partial charge in [-0.15, -0.1) is 0 Å². The minimum atomic E-state index is -1.18. The first kappa shape index (κ1) is 15.1. The van der Waals surface area contributed by atoms with Crippen LogP contribution in [0.4, 0.5) is 0 Å². The first-order valence-corrected chi connectivity index (χ1v) is 6.41. The second-order valence-corrected chi connectivity index (χ2v) is 4.79. The van der Waals surface area contributed by atoms with Gasteiger partial charge in [-0.2, -0.15) is 0 Å².